The van der Waals surface area contributed by atoms with E-state index in [9.17, 15) is 4.79 Å². The first-order valence-electron chi connectivity index (χ1n) is 10.8. The molecule has 0 spiro atoms. The number of hydrogen-bond donors (Lipinski definition) is 0. The Morgan fingerprint density at radius 2 is 1.71 bits per heavy atom. The summed E-state index contributed by atoms with van der Waals surface area (Å²) in [6, 6.07) is 0. The van der Waals surface area contributed by atoms with E-state index >= 15 is 0 Å². The van der Waals surface area contributed by atoms with Crippen molar-refractivity contribution in [1.82, 2.24) is 0 Å². The highest BCUT2D eigenvalue weighted by Gasteiger charge is 2.53. The minimum absolute atomic E-state index is 0.0552. The molecular weight excluding hydrogens is 296 g/mol. The Bertz CT molecular complexity index is 378. The second kappa shape index (κ2) is 9.82. The van der Waals surface area contributed by atoms with Crippen LogP contribution in [0.1, 0.15) is 111 Å². The Balaban J connectivity index is 1.75. The highest BCUT2D eigenvalue weighted by molar-refractivity contribution is 5.72. The molecule has 0 amide bonds. The molecule has 2 saturated carbocycles. The Labute approximate surface area is 150 Å². The first-order valence-corrected chi connectivity index (χ1v) is 10.8. The third-order valence-corrected chi connectivity index (χ3v) is 6.69. The summed E-state index contributed by atoms with van der Waals surface area (Å²) in [7, 11) is 0. The number of esters is 1. The third-order valence-electron chi connectivity index (χ3n) is 6.69. The van der Waals surface area contributed by atoms with E-state index in [4.69, 9.17) is 4.74 Å². The molecule has 2 fully saturated rings. The van der Waals surface area contributed by atoms with Crippen LogP contribution in [0, 0.1) is 17.8 Å². The Hall–Kier alpha value is -0.530. The number of carbonyl (C=O) groups is 1. The van der Waals surface area contributed by atoms with Gasteiger partial charge in [0.25, 0.3) is 0 Å². The maximum Gasteiger partial charge on any atom is 0.309 e. The van der Waals surface area contributed by atoms with E-state index in [1.165, 1.54) is 70.6 Å². The fraction of sp³-hybridized carbons (Fsp3) is 0.955. The standard InChI is InChI=1S/C22H40O2/c1-4-6-7-8-9-10-11-12-15-22(24-21(23)18(3)5-2)17-19-13-14-20(22)16-19/h18-20H,4-17H2,1-3H3. The monoisotopic (exact) mass is 336 g/mol. The molecule has 4 unspecified atom stereocenters. The van der Waals surface area contributed by atoms with E-state index in [1.807, 2.05) is 6.92 Å². The van der Waals surface area contributed by atoms with Crippen LogP contribution >= 0.6 is 0 Å². The molecule has 140 valence electrons. The normalized spacial score (nSPS) is 29.8. The van der Waals surface area contributed by atoms with Crippen LogP contribution in [0.2, 0.25) is 0 Å². The summed E-state index contributed by atoms with van der Waals surface area (Å²) in [5, 5.41) is 0. The molecule has 0 radical (unpaired) electrons. The Morgan fingerprint density at radius 3 is 2.25 bits per heavy atom. The fourth-order valence-electron chi connectivity index (χ4n) is 4.90. The van der Waals surface area contributed by atoms with Crippen molar-refractivity contribution in [2.24, 2.45) is 17.8 Å². The van der Waals surface area contributed by atoms with E-state index < -0.39 is 0 Å². The number of hydrogen-bond acceptors (Lipinski definition) is 2. The highest BCUT2D eigenvalue weighted by Crippen LogP contribution is 2.54. The molecule has 0 aromatic carbocycles. The van der Waals surface area contributed by atoms with Crippen LogP contribution < -0.4 is 0 Å². The summed E-state index contributed by atoms with van der Waals surface area (Å²) in [6.07, 6.45) is 17.9. The van der Waals surface area contributed by atoms with Crippen molar-refractivity contribution in [3.8, 4) is 0 Å². The van der Waals surface area contributed by atoms with Crippen LogP contribution in [0.15, 0.2) is 0 Å². The molecule has 2 aliphatic rings. The van der Waals surface area contributed by atoms with Gasteiger partial charge in [-0.25, -0.2) is 0 Å². The molecule has 0 aromatic heterocycles. The predicted octanol–water partition coefficient (Wildman–Crippen LogP) is 6.67. The van der Waals surface area contributed by atoms with E-state index in [1.54, 1.807) is 0 Å². The topological polar surface area (TPSA) is 26.3 Å². The van der Waals surface area contributed by atoms with Gasteiger partial charge >= 0.3 is 5.97 Å². The number of unbranched alkanes of at least 4 members (excludes halogenated alkanes) is 7. The lowest BCUT2D eigenvalue weighted by Crippen LogP contribution is -2.41. The van der Waals surface area contributed by atoms with Gasteiger partial charge in [-0.15, -0.1) is 0 Å². The first-order chi connectivity index (χ1) is 11.6. The van der Waals surface area contributed by atoms with E-state index in [-0.39, 0.29) is 17.5 Å². The molecule has 2 aliphatic carbocycles. The van der Waals surface area contributed by atoms with Crippen molar-refractivity contribution in [2.75, 3.05) is 0 Å². The van der Waals surface area contributed by atoms with Crippen molar-refractivity contribution < 1.29 is 9.53 Å². The van der Waals surface area contributed by atoms with Crippen LogP contribution in [-0.4, -0.2) is 11.6 Å². The minimum atomic E-state index is -0.0916. The molecule has 0 aliphatic heterocycles. The van der Waals surface area contributed by atoms with Crippen LogP contribution in [0.25, 0.3) is 0 Å². The molecule has 0 N–H and O–H groups in total. The maximum atomic E-state index is 12.4. The molecule has 0 heterocycles. The summed E-state index contributed by atoms with van der Waals surface area (Å²) in [4.78, 5) is 12.4. The van der Waals surface area contributed by atoms with Gasteiger partial charge in [-0.1, -0.05) is 65.7 Å². The summed E-state index contributed by atoms with van der Waals surface area (Å²) >= 11 is 0. The molecule has 24 heavy (non-hydrogen) atoms. The van der Waals surface area contributed by atoms with Crippen molar-refractivity contribution in [3.63, 3.8) is 0 Å². The number of ether oxygens (including phenoxy) is 1. The fourth-order valence-corrected chi connectivity index (χ4v) is 4.90. The van der Waals surface area contributed by atoms with Gasteiger partial charge in [-0.3, -0.25) is 4.79 Å². The number of fused-ring (bicyclic) bond motifs is 2. The predicted molar refractivity (Wildman–Crippen MR) is 101 cm³/mol. The molecule has 2 rings (SSSR count). The van der Waals surface area contributed by atoms with Crippen molar-refractivity contribution in [2.45, 2.75) is 116 Å². The van der Waals surface area contributed by atoms with Gasteiger partial charge in [-0.05, 0) is 56.8 Å². The average Bonchev–Trinajstić information content (AvgIpc) is 3.17. The SMILES string of the molecule is CCCCCCCCCCC1(OC(=O)C(C)CC)CC2CCC1C2. The van der Waals surface area contributed by atoms with Gasteiger partial charge in [0, 0.05) is 0 Å². The van der Waals surface area contributed by atoms with Gasteiger partial charge in [0.05, 0.1) is 5.92 Å². The van der Waals surface area contributed by atoms with Gasteiger partial charge in [0.2, 0.25) is 0 Å². The molecule has 2 nitrogen and oxygen atoms in total. The lowest BCUT2D eigenvalue weighted by Gasteiger charge is -2.38. The Morgan fingerprint density at radius 1 is 1.04 bits per heavy atom. The zero-order valence-corrected chi connectivity index (χ0v) is 16.4. The molecule has 0 saturated heterocycles. The summed E-state index contributed by atoms with van der Waals surface area (Å²) < 4.78 is 6.21. The first kappa shape index (κ1) is 19.8. The van der Waals surface area contributed by atoms with Crippen molar-refractivity contribution >= 4 is 5.97 Å². The second-order valence-corrected chi connectivity index (χ2v) is 8.60. The van der Waals surface area contributed by atoms with Gasteiger partial charge in [0.1, 0.15) is 5.60 Å². The van der Waals surface area contributed by atoms with E-state index in [0.717, 1.165) is 25.2 Å². The minimum Gasteiger partial charge on any atom is -0.459 e. The number of rotatable bonds is 12. The summed E-state index contributed by atoms with van der Waals surface area (Å²) in [5.74, 6) is 1.60. The molecule has 2 heteroatoms. The largest absolute Gasteiger partial charge is 0.459 e. The van der Waals surface area contributed by atoms with E-state index in [2.05, 4.69) is 13.8 Å². The van der Waals surface area contributed by atoms with Crippen LogP contribution in [0.3, 0.4) is 0 Å². The smallest absolute Gasteiger partial charge is 0.309 e. The van der Waals surface area contributed by atoms with Gasteiger partial charge in [-0.2, -0.15) is 0 Å². The zero-order chi connectivity index (χ0) is 17.4. The van der Waals surface area contributed by atoms with Crippen LogP contribution in [0.4, 0.5) is 0 Å². The van der Waals surface area contributed by atoms with Crippen molar-refractivity contribution in [3.05, 3.63) is 0 Å². The second-order valence-electron chi connectivity index (χ2n) is 8.60. The third kappa shape index (κ3) is 5.23. The lowest BCUT2D eigenvalue weighted by molar-refractivity contribution is -0.171. The highest BCUT2D eigenvalue weighted by atomic mass is 16.6. The maximum absolute atomic E-state index is 12.4. The number of carbonyl (C=O) groups excluding carboxylic acids is 1. The van der Waals surface area contributed by atoms with Gasteiger partial charge < -0.3 is 4.74 Å². The molecule has 4 atom stereocenters. The molecule has 2 bridgehead atoms. The van der Waals surface area contributed by atoms with Crippen LogP contribution in [-0.2, 0) is 9.53 Å². The summed E-state index contributed by atoms with van der Waals surface area (Å²) in [6.45, 7) is 6.37. The quantitative estimate of drug-likeness (QED) is 0.294. The Kier molecular flexibility index (Phi) is 8.10. The van der Waals surface area contributed by atoms with Gasteiger partial charge in [0.15, 0.2) is 0 Å². The van der Waals surface area contributed by atoms with E-state index in [0.29, 0.717) is 5.92 Å². The molecule has 0 aromatic rings. The van der Waals surface area contributed by atoms with Crippen LogP contribution in [0.5, 0.6) is 0 Å². The molecular formula is C22H40O2. The summed E-state index contributed by atoms with van der Waals surface area (Å²) in [5.41, 5.74) is -0.0916. The zero-order valence-electron chi connectivity index (χ0n) is 16.4. The average molecular weight is 337 g/mol. The van der Waals surface area contributed by atoms with Crippen molar-refractivity contribution in [1.29, 1.82) is 0 Å². The lowest BCUT2D eigenvalue weighted by atomic mass is 9.80.